The van der Waals surface area contributed by atoms with Crippen molar-refractivity contribution in [3.05, 3.63) is 187 Å². The van der Waals surface area contributed by atoms with Crippen LogP contribution in [-0.2, 0) is 5.41 Å². The Kier molecular flexibility index (Phi) is 6.33. The molecule has 1 aliphatic rings. The molecule has 0 aliphatic heterocycles. The van der Waals surface area contributed by atoms with Crippen LogP contribution in [0, 0.1) is 0 Å². The summed E-state index contributed by atoms with van der Waals surface area (Å²) in [7, 11) is 0. The molecule has 0 bridgehead atoms. The zero-order valence-corrected chi connectivity index (χ0v) is 29.6. The molecule has 0 unspecified atom stereocenters. The van der Waals surface area contributed by atoms with Crippen molar-refractivity contribution in [2.24, 2.45) is 0 Å². The Hall–Kier alpha value is -6.64. The first kappa shape index (κ1) is 30.0. The van der Waals surface area contributed by atoms with Crippen LogP contribution in [0.2, 0.25) is 0 Å². The fourth-order valence-electron chi connectivity index (χ4n) is 9.10. The average molecular weight is 678 g/mol. The highest BCUT2D eigenvalue weighted by atomic mass is 16.3. The summed E-state index contributed by atoms with van der Waals surface area (Å²) in [5.74, 6) is 0. The highest BCUT2D eigenvalue weighted by molar-refractivity contribution is 6.22. The van der Waals surface area contributed by atoms with Crippen molar-refractivity contribution in [2.45, 2.75) is 19.3 Å². The second-order valence-corrected chi connectivity index (χ2v) is 14.9. The van der Waals surface area contributed by atoms with Gasteiger partial charge in [0.15, 0.2) is 0 Å². The van der Waals surface area contributed by atoms with E-state index in [-0.39, 0.29) is 5.41 Å². The van der Waals surface area contributed by atoms with E-state index in [2.05, 4.69) is 195 Å². The van der Waals surface area contributed by atoms with Crippen LogP contribution in [0.4, 0.5) is 17.1 Å². The van der Waals surface area contributed by atoms with Gasteiger partial charge < -0.3 is 9.32 Å². The number of nitrogens with zero attached hydrogens (tertiary/aromatic N) is 1. The van der Waals surface area contributed by atoms with Crippen molar-refractivity contribution in [1.82, 2.24) is 0 Å². The van der Waals surface area contributed by atoms with Crippen LogP contribution in [0.1, 0.15) is 25.0 Å². The Balaban J connectivity index is 1.28. The molecule has 0 atom stereocenters. The van der Waals surface area contributed by atoms with Crippen LogP contribution < -0.4 is 4.90 Å². The number of benzene rings is 9. The molecule has 9 aromatic carbocycles. The van der Waals surface area contributed by atoms with Crippen molar-refractivity contribution in [3.8, 4) is 22.3 Å². The topological polar surface area (TPSA) is 16.4 Å². The molecule has 0 amide bonds. The molecule has 1 aromatic heterocycles. The molecule has 0 radical (unpaired) electrons. The van der Waals surface area contributed by atoms with Crippen molar-refractivity contribution in [1.29, 1.82) is 0 Å². The maximum absolute atomic E-state index is 6.62. The van der Waals surface area contributed by atoms with E-state index in [9.17, 15) is 0 Å². The van der Waals surface area contributed by atoms with Gasteiger partial charge in [0, 0.05) is 33.1 Å². The van der Waals surface area contributed by atoms with E-state index in [0.717, 1.165) is 44.6 Å². The zero-order valence-electron chi connectivity index (χ0n) is 29.6. The molecule has 1 heterocycles. The highest BCUT2D eigenvalue weighted by Gasteiger charge is 2.36. The van der Waals surface area contributed by atoms with Crippen molar-refractivity contribution in [3.63, 3.8) is 0 Å². The number of para-hydroxylation sites is 1. The molecule has 250 valence electrons. The summed E-state index contributed by atoms with van der Waals surface area (Å²) >= 11 is 0. The minimum Gasteiger partial charge on any atom is -0.456 e. The van der Waals surface area contributed by atoms with Crippen molar-refractivity contribution < 1.29 is 4.42 Å². The number of furan rings is 1. The summed E-state index contributed by atoms with van der Waals surface area (Å²) in [6.45, 7) is 4.72. The molecular weight excluding hydrogens is 643 g/mol. The Labute approximate surface area is 308 Å². The third-order valence-corrected chi connectivity index (χ3v) is 11.6. The summed E-state index contributed by atoms with van der Waals surface area (Å²) in [6, 6.07) is 64.3. The number of rotatable bonds is 4. The van der Waals surface area contributed by atoms with E-state index in [1.807, 2.05) is 0 Å². The molecular formula is C51H35NO. The van der Waals surface area contributed by atoms with E-state index in [4.69, 9.17) is 4.42 Å². The molecule has 2 heteroatoms. The molecule has 11 rings (SSSR count). The van der Waals surface area contributed by atoms with Gasteiger partial charge in [0.05, 0.1) is 5.69 Å². The van der Waals surface area contributed by atoms with Gasteiger partial charge in [-0.1, -0.05) is 141 Å². The summed E-state index contributed by atoms with van der Waals surface area (Å²) in [5.41, 5.74) is 12.7. The van der Waals surface area contributed by atoms with Gasteiger partial charge in [0.25, 0.3) is 0 Å². The van der Waals surface area contributed by atoms with Gasteiger partial charge in [-0.15, -0.1) is 0 Å². The number of fused-ring (bicyclic) bond motifs is 10. The fourth-order valence-corrected chi connectivity index (χ4v) is 9.10. The summed E-state index contributed by atoms with van der Waals surface area (Å²) in [5, 5.41) is 9.59. The Bertz CT molecular complexity index is 3110. The van der Waals surface area contributed by atoms with Gasteiger partial charge in [0.1, 0.15) is 11.2 Å². The first-order valence-electron chi connectivity index (χ1n) is 18.4. The van der Waals surface area contributed by atoms with Crippen molar-refractivity contribution in [2.75, 3.05) is 4.90 Å². The lowest BCUT2D eigenvalue weighted by molar-refractivity contribution is 0.660. The van der Waals surface area contributed by atoms with Gasteiger partial charge in [-0.2, -0.15) is 0 Å². The van der Waals surface area contributed by atoms with E-state index in [0.29, 0.717) is 0 Å². The minimum absolute atomic E-state index is 0.140. The van der Waals surface area contributed by atoms with Crippen LogP contribution >= 0.6 is 0 Å². The van der Waals surface area contributed by atoms with Gasteiger partial charge in [-0.05, 0) is 109 Å². The highest BCUT2D eigenvalue weighted by Crippen LogP contribution is 2.53. The van der Waals surface area contributed by atoms with Crippen LogP contribution in [0.3, 0.4) is 0 Å². The first-order valence-corrected chi connectivity index (χ1v) is 18.4. The van der Waals surface area contributed by atoms with E-state index >= 15 is 0 Å². The van der Waals surface area contributed by atoms with E-state index < -0.39 is 0 Å². The van der Waals surface area contributed by atoms with E-state index in [1.165, 1.54) is 60.1 Å². The van der Waals surface area contributed by atoms with Gasteiger partial charge in [-0.25, -0.2) is 0 Å². The fraction of sp³-hybridized carbons (Fsp3) is 0.0588. The molecule has 53 heavy (non-hydrogen) atoms. The zero-order chi connectivity index (χ0) is 35.3. The lowest BCUT2D eigenvalue weighted by atomic mass is 9.82. The second-order valence-electron chi connectivity index (χ2n) is 14.9. The van der Waals surface area contributed by atoms with E-state index in [1.54, 1.807) is 0 Å². The minimum atomic E-state index is -0.140. The molecule has 0 N–H and O–H groups in total. The number of hydrogen-bond acceptors (Lipinski definition) is 2. The molecule has 0 saturated heterocycles. The smallest absolute Gasteiger partial charge is 0.136 e. The molecule has 10 aromatic rings. The molecule has 0 fully saturated rings. The molecule has 2 nitrogen and oxygen atoms in total. The molecule has 0 spiro atoms. The Morgan fingerprint density at radius 3 is 1.92 bits per heavy atom. The maximum Gasteiger partial charge on any atom is 0.136 e. The van der Waals surface area contributed by atoms with Gasteiger partial charge >= 0.3 is 0 Å². The predicted molar refractivity (Wildman–Crippen MR) is 224 cm³/mol. The number of hydrogen-bond donors (Lipinski definition) is 0. The van der Waals surface area contributed by atoms with Gasteiger partial charge in [0.2, 0.25) is 0 Å². The van der Waals surface area contributed by atoms with Crippen LogP contribution in [0.25, 0.3) is 76.5 Å². The lowest BCUT2D eigenvalue weighted by Gasteiger charge is -2.30. The lowest BCUT2D eigenvalue weighted by Crippen LogP contribution is -2.17. The normalized spacial score (nSPS) is 13.2. The molecule has 1 aliphatic carbocycles. The number of anilines is 3. The SMILES string of the molecule is CC1(C)c2ccccc2-c2ccc(N(c3ccc4ccccc4c3)c3ccc4oc5ccccc5c4c3-c3cc4ccccc4c4ccccc34)cc21. The summed E-state index contributed by atoms with van der Waals surface area (Å²) in [6.07, 6.45) is 0. The van der Waals surface area contributed by atoms with Gasteiger partial charge in [-0.3, -0.25) is 0 Å². The average Bonchev–Trinajstić information content (AvgIpc) is 3.69. The Morgan fingerprint density at radius 1 is 0.415 bits per heavy atom. The predicted octanol–water partition coefficient (Wildman–Crippen LogP) is 14.5. The quantitative estimate of drug-likeness (QED) is 0.172. The Morgan fingerprint density at radius 2 is 1.06 bits per heavy atom. The van der Waals surface area contributed by atoms with Crippen molar-refractivity contribution >= 4 is 71.3 Å². The van der Waals surface area contributed by atoms with Crippen LogP contribution in [0.15, 0.2) is 180 Å². The van der Waals surface area contributed by atoms with Crippen LogP contribution in [0.5, 0.6) is 0 Å². The summed E-state index contributed by atoms with van der Waals surface area (Å²) < 4.78 is 6.62. The summed E-state index contributed by atoms with van der Waals surface area (Å²) in [4.78, 5) is 2.48. The first-order chi connectivity index (χ1) is 26.0. The molecule has 0 saturated carbocycles. The monoisotopic (exact) mass is 677 g/mol. The largest absolute Gasteiger partial charge is 0.456 e. The van der Waals surface area contributed by atoms with Crippen LogP contribution in [-0.4, -0.2) is 0 Å². The third kappa shape index (κ3) is 4.39. The standard InChI is InChI=1S/C51H35NO/c1-51(2)44-21-11-9-19-40(44)41-26-25-36(31-45(41)51)52(35-24-23-32-13-3-4-14-33(32)29-35)46-27-28-48-50(42-20-10-12-22-47(42)53-48)49(46)43-30-34-15-5-6-16-37(34)38-17-7-8-18-39(38)43/h3-31H,1-2H3. The maximum atomic E-state index is 6.62. The second kappa shape index (κ2) is 11.2. The third-order valence-electron chi connectivity index (χ3n) is 11.6.